The van der Waals surface area contributed by atoms with E-state index in [-0.39, 0.29) is 17.3 Å². The maximum atomic E-state index is 9.68. The van der Waals surface area contributed by atoms with Crippen LogP contribution < -0.4 is 0 Å². The van der Waals surface area contributed by atoms with Gasteiger partial charge < -0.3 is 9.63 Å². The molecule has 7 heteroatoms. The van der Waals surface area contributed by atoms with Crippen molar-refractivity contribution in [3.05, 3.63) is 41.1 Å². The molecule has 3 aromatic rings. The molecule has 0 spiro atoms. The molecule has 94 valence electrons. The van der Waals surface area contributed by atoms with Crippen LogP contribution in [-0.2, 0) is 0 Å². The van der Waals surface area contributed by atoms with Crippen LogP contribution in [-0.4, -0.2) is 25.2 Å². The quantitative estimate of drug-likeness (QED) is 0.781. The van der Waals surface area contributed by atoms with Crippen LogP contribution in [0.1, 0.15) is 0 Å². The van der Waals surface area contributed by atoms with Crippen LogP contribution >= 0.6 is 15.9 Å². The minimum Gasteiger partial charge on any atom is -0.505 e. The van der Waals surface area contributed by atoms with Gasteiger partial charge in [-0.3, -0.25) is 4.98 Å². The van der Waals surface area contributed by atoms with Gasteiger partial charge in [-0.05, 0) is 40.2 Å². The number of hydrogen-bond acceptors (Lipinski definition) is 6. The smallest absolute Gasteiger partial charge is 0.280 e. The number of hydrogen-bond donors (Lipinski definition) is 1. The fourth-order valence-electron chi connectivity index (χ4n) is 1.53. The normalized spacial score (nSPS) is 10.6. The highest BCUT2D eigenvalue weighted by Crippen LogP contribution is 2.28. The maximum absolute atomic E-state index is 9.68. The molecule has 0 fully saturated rings. The second kappa shape index (κ2) is 4.77. The molecular weight excluding hydrogens is 312 g/mol. The molecule has 0 aliphatic rings. The third-order valence-electron chi connectivity index (χ3n) is 2.39. The molecule has 0 aliphatic carbocycles. The monoisotopic (exact) mass is 318 g/mol. The van der Waals surface area contributed by atoms with Gasteiger partial charge in [-0.1, -0.05) is 5.16 Å². The van der Waals surface area contributed by atoms with Crippen LogP contribution in [0.25, 0.3) is 23.1 Å². The predicted octanol–water partition coefficient (Wildman–Crippen LogP) is 2.66. The van der Waals surface area contributed by atoms with Gasteiger partial charge in [-0.2, -0.15) is 4.98 Å². The number of pyridine rings is 2. The second-order valence-corrected chi connectivity index (χ2v) is 4.48. The first-order chi connectivity index (χ1) is 9.25. The van der Waals surface area contributed by atoms with Crippen LogP contribution in [0.15, 0.2) is 45.7 Å². The van der Waals surface area contributed by atoms with Gasteiger partial charge in [-0.25, -0.2) is 4.98 Å². The Bertz CT molecular complexity index is 669. The molecule has 0 saturated carbocycles. The molecule has 3 rings (SSSR count). The standard InChI is InChI=1S/C12H7BrN4O2/c13-7-3-1-5-14-9(7)11-16-12(19-17-11)10-8(18)4-2-6-15-10/h1-6,18H. The zero-order chi connectivity index (χ0) is 13.2. The number of aromatic nitrogens is 4. The van der Waals surface area contributed by atoms with Gasteiger partial charge in [0.15, 0.2) is 5.69 Å². The van der Waals surface area contributed by atoms with E-state index >= 15 is 0 Å². The molecule has 0 aromatic carbocycles. The van der Waals surface area contributed by atoms with Crippen molar-refractivity contribution in [3.8, 4) is 28.9 Å². The van der Waals surface area contributed by atoms with E-state index in [0.717, 1.165) is 4.47 Å². The van der Waals surface area contributed by atoms with Crippen LogP contribution in [0.3, 0.4) is 0 Å². The average Bonchev–Trinajstić information content (AvgIpc) is 2.89. The van der Waals surface area contributed by atoms with Crippen LogP contribution in [0, 0.1) is 0 Å². The summed E-state index contributed by atoms with van der Waals surface area (Å²) in [4.78, 5) is 12.3. The van der Waals surface area contributed by atoms with Crippen LogP contribution in [0.5, 0.6) is 5.75 Å². The summed E-state index contributed by atoms with van der Waals surface area (Å²) >= 11 is 3.36. The third kappa shape index (κ3) is 2.19. The molecule has 0 unspecified atom stereocenters. The highest BCUT2D eigenvalue weighted by atomic mass is 79.9. The van der Waals surface area contributed by atoms with Crippen molar-refractivity contribution in [2.24, 2.45) is 0 Å². The van der Waals surface area contributed by atoms with Crippen LogP contribution in [0.2, 0.25) is 0 Å². The summed E-state index contributed by atoms with van der Waals surface area (Å²) in [7, 11) is 0. The molecule has 0 radical (unpaired) electrons. The van der Waals surface area contributed by atoms with Crippen molar-refractivity contribution in [3.63, 3.8) is 0 Å². The van der Waals surface area contributed by atoms with E-state index in [1.807, 2.05) is 6.07 Å². The summed E-state index contributed by atoms with van der Waals surface area (Å²) in [5, 5.41) is 13.5. The molecule has 19 heavy (non-hydrogen) atoms. The largest absolute Gasteiger partial charge is 0.505 e. The fraction of sp³-hybridized carbons (Fsp3) is 0. The first-order valence-corrected chi connectivity index (χ1v) is 6.14. The molecular formula is C12H7BrN4O2. The fourth-order valence-corrected chi connectivity index (χ4v) is 1.96. The van der Waals surface area contributed by atoms with E-state index < -0.39 is 0 Å². The first kappa shape index (κ1) is 11.8. The van der Waals surface area contributed by atoms with Crippen molar-refractivity contribution in [1.82, 2.24) is 20.1 Å². The second-order valence-electron chi connectivity index (χ2n) is 3.63. The summed E-state index contributed by atoms with van der Waals surface area (Å²) < 4.78 is 5.85. The number of nitrogens with zero attached hydrogens (tertiary/aromatic N) is 4. The summed E-state index contributed by atoms with van der Waals surface area (Å²) in [5.74, 6) is 0.455. The lowest BCUT2D eigenvalue weighted by molar-refractivity contribution is 0.423. The molecule has 1 N–H and O–H groups in total. The van der Waals surface area contributed by atoms with Gasteiger partial charge in [0.25, 0.3) is 5.89 Å². The summed E-state index contributed by atoms with van der Waals surface area (Å²) in [5.41, 5.74) is 0.807. The molecule has 3 heterocycles. The van der Waals surface area contributed by atoms with E-state index in [1.165, 1.54) is 12.3 Å². The Morgan fingerprint density at radius 3 is 2.53 bits per heavy atom. The predicted molar refractivity (Wildman–Crippen MR) is 70.1 cm³/mol. The topological polar surface area (TPSA) is 84.9 Å². The third-order valence-corrected chi connectivity index (χ3v) is 3.03. The van der Waals surface area contributed by atoms with Gasteiger partial charge in [0.1, 0.15) is 11.4 Å². The van der Waals surface area contributed by atoms with E-state index in [4.69, 9.17) is 4.52 Å². The highest BCUT2D eigenvalue weighted by Gasteiger charge is 2.16. The molecule has 0 atom stereocenters. The summed E-state index contributed by atoms with van der Waals surface area (Å²) in [6.45, 7) is 0. The lowest BCUT2D eigenvalue weighted by Crippen LogP contribution is -1.87. The highest BCUT2D eigenvalue weighted by molar-refractivity contribution is 9.10. The SMILES string of the molecule is Oc1cccnc1-c1nc(-c2ncccc2Br)no1. The van der Waals surface area contributed by atoms with Crippen molar-refractivity contribution in [2.45, 2.75) is 0 Å². The Labute approximate surface area is 116 Å². The van der Waals surface area contributed by atoms with E-state index in [9.17, 15) is 5.11 Å². The van der Waals surface area contributed by atoms with Crippen molar-refractivity contribution in [2.75, 3.05) is 0 Å². The van der Waals surface area contributed by atoms with Gasteiger partial charge in [-0.15, -0.1) is 0 Å². The molecule has 0 amide bonds. The van der Waals surface area contributed by atoms with E-state index in [0.29, 0.717) is 11.5 Å². The van der Waals surface area contributed by atoms with Gasteiger partial charge in [0.05, 0.1) is 0 Å². The number of halogens is 1. The van der Waals surface area contributed by atoms with Crippen molar-refractivity contribution in [1.29, 1.82) is 0 Å². The zero-order valence-corrected chi connectivity index (χ0v) is 11.1. The Kier molecular flexibility index (Phi) is 2.96. The van der Waals surface area contributed by atoms with Gasteiger partial charge >= 0.3 is 0 Å². The molecule has 0 bridgehead atoms. The Morgan fingerprint density at radius 1 is 1.05 bits per heavy atom. The van der Waals surface area contributed by atoms with Gasteiger partial charge in [0.2, 0.25) is 5.82 Å². The Hall–Kier alpha value is -2.28. The summed E-state index contributed by atoms with van der Waals surface area (Å²) in [6, 6.07) is 6.74. The lowest BCUT2D eigenvalue weighted by Gasteiger charge is -1.96. The lowest BCUT2D eigenvalue weighted by atomic mass is 10.3. The average molecular weight is 319 g/mol. The number of rotatable bonds is 2. The van der Waals surface area contributed by atoms with Gasteiger partial charge in [0, 0.05) is 16.9 Å². The zero-order valence-electron chi connectivity index (χ0n) is 9.49. The minimum atomic E-state index is -0.0159. The van der Waals surface area contributed by atoms with Crippen molar-refractivity contribution >= 4 is 15.9 Å². The Balaban J connectivity index is 2.06. The molecule has 0 saturated heterocycles. The number of aromatic hydroxyl groups is 1. The maximum Gasteiger partial charge on any atom is 0.280 e. The van der Waals surface area contributed by atoms with E-state index in [1.54, 1.807) is 18.3 Å². The minimum absolute atomic E-state index is 0.0159. The molecule has 3 aromatic heterocycles. The van der Waals surface area contributed by atoms with E-state index in [2.05, 4.69) is 36.0 Å². The van der Waals surface area contributed by atoms with Crippen LogP contribution in [0.4, 0.5) is 0 Å². The first-order valence-electron chi connectivity index (χ1n) is 5.34. The molecule has 6 nitrogen and oxygen atoms in total. The summed E-state index contributed by atoms with van der Waals surface area (Å²) in [6.07, 6.45) is 3.17. The van der Waals surface area contributed by atoms with Crippen molar-refractivity contribution < 1.29 is 9.63 Å². The molecule has 0 aliphatic heterocycles. The Morgan fingerprint density at radius 2 is 1.79 bits per heavy atom.